The van der Waals surface area contributed by atoms with Crippen LogP contribution in [0.15, 0.2) is 0 Å². The van der Waals surface area contributed by atoms with Crippen molar-refractivity contribution < 1.29 is 0 Å². The van der Waals surface area contributed by atoms with Gasteiger partial charge in [-0.05, 0) is 0 Å². The number of hydrogen-bond donors (Lipinski definition) is 0. The molecule has 0 aromatic heterocycles. The van der Waals surface area contributed by atoms with Gasteiger partial charge in [0.15, 0.2) is 0 Å². The van der Waals surface area contributed by atoms with Gasteiger partial charge < -0.3 is 6.42 Å². The van der Waals surface area contributed by atoms with Gasteiger partial charge in [-0.25, -0.2) is 6.42 Å². The van der Waals surface area contributed by atoms with E-state index in [0.717, 1.165) is 11.8 Å². The summed E-state index contributed by atoms with van der Waals surface area (Å²) in [6.45, 7) is 4.54. The van der Waals surface area contributed by atoms with E-state index in [-0.39, 0.29) is 0 Å². The molecule has 0 spiro atoms. The summed E-state index contributed by atoms with van der Waals surface area (Å²) < 4.78 is 0. The number of hydrogen-bond acceptors (Lipinski definition) is 0. The van der Waals surface area contributed by atoms with Crippen molar-refractivity contribution in [1.29, 1.82) is 0 Å². The third-order valence-corrected chi connectivity index (χ3v) is 1.36. The van der Waals surface area contributed by atoms with E-state index in [0.29, 0.717) is 0 Å². The van der Waals surface area contributed by atoms with Gasteiger partial charge >= 0.3 is 0 Å². The average Bonchev–Trinajstić information content (AvgIpc) is 2.06. The maximum absolute atomic E-state index is 2.37. The molecule has 36 valence electrons. The minimum absolute atomic E-state index is 0.907. The van der Waals surface area contributed by atoms with Gasteiger partial charge in [0.05, 0.1) is 0 Å². The molecule has 1 atom stereocenters. The van der Waals surface area contributed by atoms with Crippen LogP contribution in [0, 0.1) is 18.3 Å². The van der Waals surface area contributed by atoms with Crippen molar-refractivity contribution in [3.05, 3.63) is 6.42 Å². The summed E-state index contributed by atoms with van der Waals surface area (Å²) in [5.74, 6) is 1.88. The lowest BCUT2D eigenvalue weighted by Gasteiger charge is -2.01. The predicted molar refractivity (Wildman–Crippen MR) is 27.2 cm³/mol. The molecule has 0 saturated heterocycles. The van der Waals surface area contributed by atoms with Crippen LogP contribution in [0.5, 0.6) is 0 Å². The molecule has 0 heterocycles. The second-order valence-electron chi connectivity index (χ2n) is 2.38. The van der Waals surface area contributed by atoms with E-state index >= 15 is 0 Å². The Morgan fingerprint density at radius 1 is 1.67 bits per heavy atom. The lowest BCUT2D eigenvalue weighted by molar-refractivity contribution is 0.580. The molecule has 1 aliphatic rings. The van der Waals surface area contributed by atoms with Gasteiger partial charge in [0.1, 0.15) is 0 Å². The fourth-order valence-electron chi connectivity index (χ4n) is 0.623. The molecule has 0 aromatic rings. The van der Waals surface area contributed by atoms with Gasteiger partial charge in [0.25, 0.3) is 0 Å². The first kappa shape index (κ1) is 4.17. The molecule has 0 nitrogen and oxygen atoms in total. The molecule has 1 fully saturated rings. The van der Waals surface area contributed by atoms with E-state index in [1.807, 2.05) is 0 Å². The standard InChI is InChI=1S/C6H11/c1-5(2)6-3-4-6/h3,5-6H,4H2,1-2H3/q-1. The highest BCUT2D eigenvalue weighted by molar-refractivity contribution is 4.95. The Labute approximate surface area is 39.6 Å². The second-order valence-corrected chi connectivity index (χ2v) is 2.38. The Balaban J connectivity index is 2.13. The summed E-state index contributed by atoms with van der Waals surface area (Å²) in [6, 6.07) is 0. The summed E-state index contributed by atoms with van der Waals surface area (Å²) in [5.41, 5.74) is 0. The molecule has 0 N–H and O–H groups in total. The largest absolute Gasteiger partial charge is 0.330 e. The van der Waals surface area contributed by atoms with E-state index in [1.165, 1.54) is 6.42 Å². The smallest absolute Gasteiger partial charge is 0.0650 e. The van der Waals surface area contributed by atoms with Crippen LogP contribution in [0.1, 0.15) is 20.3 Å². The molecule has 0 amide bonds. The molecule has 0 aromatic carbocycles. The molecule has 1 aliphatic carbocycles. The van der Waals surface area contributed by atoms with Crippen molar-refractivity contribution in [2.24, 2.45) is 11.8 Å². The topological polar surface area (TPSA) is 0 Å². The van der Waals surface area contributed by atoms with Gasteiger partial charge in [0.2, 0.25) is 0 Å². The zero-order valence-electron chi connectivity index (χ0n) is 4.44. The van der Waals surface area contributed by atoms with Gasteiger partial charge in [-0.3, -0.25) is 0 Å². The van der Waals surface area contributed by atoms with Gasteiger partial charge in [-0.2, -0.15) is 5.92 Å². The molecule has 6 heavy (non-hydrogen) atoms. The average molecular weight is 83.2 g/mol. The van der Waals surface area contributed by atoms with Crippen LogP contribution in [-0.2, 0) is 0 Å². The normalized spacial score (nSPS) is 31.5. The van der Waals surface area contributed by atoms with Gasteiger partial charge in [-0.15, -0.1) is 0 Å². The van der Waals surface area contributed by atoms with Crippen molar-refractivity contribution in [3.8, 4) is 0 Å². The molecule has 1 unspecified atom stereocenters. The van der Waals surface area contributed by atoms with Crippen LogP contribution in [0.3, 0.4) is 0 Å². The van der Waals surface area contributed by atoms with Crippen molar-refractivity contribution in [3.63, 3.8) is 0 Å². The maximum Gasteiger partial charge on any atom is -0.0650 e. The first-order valence-electron chi connectivity index (χ1n) is 2.64. The third kappa shape index (κ3) is 0.735. The fraction of sp³-hybridized carbons (Fsp3) is 0.833. The quantitative estimate of drug-likeness (QED) is 0.424. The van der Waals surface area contributed by atoms with E-state index in [1.54, 1.807) is 0 Å². The van der Waals surface area contributed by atoms with E-state index in [9.17, 15) is 0 Å². The zero-order chi connectivity index (χ0) is 4.57. The van der Waals surface area contributed by atoms with Crippen molar-refractivity contribution >= 4 is 0 Å². The first-order valence-corrected chi connectivity index (χ1v) is 2.64. The van der Waals surface area contributed by atoms with Crippen LogP contribution in [0.2, 0.25) is 0 Å². The molecule has 0 radical (unpaired) electrons. The predicted octanol–water partition coefficient (Wildman–Crippen LogP) is 1.87. The third-order valence-electron chi connectivity index (χ3n) is 1.36. The van der Waals surface area contributed by atoms with E-state index in [2.05, 4.69) is 20.3 Å². The lowest BCUT2D eigenvalue weighted by Crippen LogP contribution is -1.85. The first-order chi connectivity index (χ1) is 2.80. The van der Waals surface area contributed by atoms with Crippen molar-refractivity contribution in [1.82, 2.24) is 0 Å². The monoisotopic (exact) mass is 83.1 g/mol. The Morgan fingerprint density at radius 2 is 2.17 bits per heavy atom. The van der Waals surface area contributed by atoms with Gasteiger partial charge in [-0.1, -0.05) is 19.8 Å². The maximum atomic E-state index is 2.37. The van der Waals surface area contributed by atoms with Gasteiger partial charge in [0, 0.05) is 0 Å². The highest BCUT2D eigenvalue weighted by Crippen LogP contribution is 2.34. The Morgan fingerprint density at radius 3 is 2.17 bits per heavy atom. The molecule has 0 bridgehead atoms. The van der Waals surface area contributed by atoms with Crippen LogP contribution < -0.4 is 0 Å². The van der Waals surface area contributed by atoms with Crippen molar-refractivity contribution in [2.45, 2.75) is 20.3 Å². The Kier molecular flexibility index (Phi) is 0.868. The van der Waals surface area contributed by atoms with Crippen LogP contribution in [0.25, 0.3) is 0 Å². The van der Waals surface area contributed by atoms with E-state index in [4.69, 9.17) is 0 Å². The van der Waals surface area contributed by atoms with E-state index < -0.39 is 0 Å². The minimum atomic E-state index is 0.907. The molecule has 0 heteroatoms. The molecular formula is C6H11-. The highest BCUT2D eigenvalue weighted by Gasteiger charge is 2.09. The SMILES string of the molecule is CC(C)C1[CH-]C1. The minimum Gasteiger partial charge on any atom is -0.330 e. The van der Waals surface area contributed by atoms with Crippen LogP contribution in [-0.4, -0.2) is 0 Å². The summed E-state index contributed by atoms with van der Waals surface area (Å²) in [4.78, 5) is 0. The molecular weight excluding hydrogens is 72.1 g/mol. The fourth-order valence-corrected chi connectivity index (χ4v) is 0.623. The second kappa shape index (κ2) is 1.25. The highest BCUT2D eigenvalue weighted by atomic mass is 14.3. The Hall–Kier alpha value is 0. The lowest BCUT2D eigenvalue weighted by atomic mass is 10.1. The molecule has 1 saturated carbocycles. The summed E-state index contributed by atoms with van der Waals surface area (Å²) in [7, 11) is 0. The molecule has 0 aliphatic heterocycles. The van der Waals surface area contributed by atoms with Crippen LogP contribution >= 0.6 is 0 Å². The number of rotatable bonds is 1. The summed E-state index contributed by atoms with van der Waals surface area (Å²) in [6.07, 6.45) is 3.74. The van der Waals surface area contributed by atoms with Crippen molar-refractivity contribution in [2.75, 3.05) is 0 Å². The molecule has 1 rings (SSSR count). The summed E-state index contributed by atoms with van der Waals surface area (Å²) >= 11 is 0. The zero-order valence-corrected chi connectivity index (χ0v) is 4.44. The summed E-state index contributed by atoms with van der Waals surface area (Å²) in [5, 5.41) is 0. The Bertz CT molecular complexity index is 42.0. The van der Waals surface area contributed by atoms with Crippen LogP contribution in [0.4, 0.5) is 0 Å².